The van der Waals surface area contributed by atoms with Gasteiger partial charge in [-0.15, -0.1) is 0 Å². The Hall–Kier alpha value is -2.08. The molecule has 0 aromatic heterocycles. The lowest BCUT2D eigenvalue weighted by atomic mass is 10.1. The molecule has 1 aromatic rings. The molecule has 6 nitrogen and oxygen atoms in total. The number of carbonyl (C=O) groups excluding carboxylic acids is 1. The molecule has 1 N–H and O–H groups in total. The molecule has 1 aliphatic rings. The van der Waals surface area contributed by atoms with Crippen molar-refractivity contribution in [2.75, 3.05) is 19.6 Å². The average Bonchev–Trinajstić information content (AvgIpc) is 2.53. The average molecular weight is 348 g/mol. The van der Waals surface area contributed by atoms with Crippen molar-refractivity contribution in [1.82, 2.24) is 9.80 Å². The van der Waals surface area contributed by atoms with Gasteiger partial charge in [0.15, 0.2) is 0 Å². The number of carboxylic acid groups (broad SMARTS) is 1. The van der Waals surface area contributed by atoms with Crippen LogP contribution >= 0.6 is 0 Å². The first-order chi connectivity index (χ1) is 11.7. The lowest BCUT2D eigenvalue weighted by Crippen LogP contribution is -2.54. The largest absolute Gasteiger partial charge is 0.478 e. The first-order valence-electron chi connectivity index (χ1n) is 8.74. The molecule has 2 rings (SSSR count). The molecule has 0 saturated carbocycles. The molecule has 1 heterocycles. The van der Waals surface area contributed by atoms with Crippen LogP contribution in [-0.2, 0) is 11.3 Å². The number of hydrogen-bond donors (Lipinski definition) is 1. The Morgan fingerprint density at radius 1 is 1.28 bits per heavy atom. The summed E-state index contributed by atoms with van der Waals surface area (Å²) in [5.74, 6) is -0.913. The smallest absolute Gasteiger partial charge is 0.410 e. The lowest BCUT2D eigenvalue weighted by molar-refractivity contribution is 0.00190. The van der Waals surface area contributed by atoms with E-state index in [-0.39, 0.29) is 12.1 Å². The predicted octanol–water partition coefficient (Wildman–Crippen LogP) is 3.22. The van der Waals surface area contributed by atoms with Gasteiger partial charge in [-0.1, -0.05) is 19.1 Å². The molecule has 1 aromatic carbocycles. The molecule has 1 amide bonds. The molecule has 138 valence electrons. The maximum atomic E-state index is 12.3. The number of hydrogen-bond acceptors (Lipinski definition) is 4. The highest BCUT2D eigenvalue weighted by atomic mass is 16.6. The molecule has 6 heteroatoms. The molecular weight excluding hydrogens is 320 g/mol. The second kappa shape index (κ2) is 7.87. The van der Waals surface area contributed by atoms with Crippen molar-refractivity contribution in [3.8, 4) is 0 Å². The molecule has 0 radical (unpaired) electrons. The van der Waals surface area contributed by atoms with Crippen LogP contribution in [0.2, 0.25) is 0 Å². The predicted molar refractivity (Wildman–Crippen MR) is 95.7 cm³/mol. The zero-order chi connectivity index (χ0) is 18.6. The lowest BCUT2D eigenvalue weighted by Gasteiger charge is -2.41. The summed E-state index contributed by atoms with van der Waals surface area (Å²) in [6, 6.07) is 7.27. The van der Waals surface area contributed by atoms with Crippen molar-refractivity contribution in [2.24, 2.45) is 0 Å². The van der Waals surface area contributed by atoms with Gasteiger partial charge >= 0.3 is 12.1 Å². The second-order valence-electron chi connectivity index (χ2n) is 7.46. The maximum Gasteiger partial charge on any atom is 0.410 e. The van der Waals surface area contributed by atoms with E-state index in [1.807, 2.05) is 26.8 Å². The van der Waals surface area contributed by atoms with Gasteiger partial charge in [0.1, 0.15) is 5.60 Å². The van der Waals surface area contributed by atoms with Crippen LogP contribution in [0.1, 0.15) is 50.0 Å². The van der Waals surface area contributed by atoms with Gasteiger partial charge < -0.3 is 14.7 Å². The third-order valence-electron chi connectivity index (χ3n) is 4.29. The third-order valence-corrected chi connectivity index (χ3v) is 4.29. The van der Waals surface area contributed by atoms with Crippen LogP contribution in [0.15, 0.2) is 24.3 Å². The normalized spacial score (nSPS) is 18.9. The number of piperazine rings is 1. The monoisotopic (exact) mass is 348 g/mol. The number of aromatic carboxylic acids is 1. The van der Waals surface area contributed by atoms with Crippen LogP contribution in [0.4, 0.5) is 4.79 Å². The zero-order valence-electron chi connectivity index (χ0n) is 15.5. The maximum absolute atomic E-state index is 12.3. The van der Waals surface area contributed by atoms with Crippen LogP contribution in [0.5, 0.6) is 0 Å². The zero-order valence-corrected chi connectivity index (χ0v) is 15.5. The number of carboxylic acids is 1. The fourth-order valence-corrected chi connectivity index (χ4v) is 3.02. The van der Waals surface area contributed by atoms with E-state index in [0.717, 1.165) is 18.5 Å². The molecule has 0 unspecified atom stereocenters. The fraction of sp³-hybridized carbons (Fsp3) is 0.579. The van der Waals surface area contributed by atoms with Crippen LogP contribution in [0.3, 0.4) is 0 Å². The summed E-state index contributed by atoms with van der Waals surface area (Å²) in [6.07, 6.45) is 0.649. The SMILES string of the molecule is CC[C@@H]1CN(C(=O)OC(C)(C)C)CCN1Cc1cccc(C(=O)O)c1. The first-order valence-corrected chi connectivity index (χ1v) is 8.74. The number of ether oxygens (including phenoxy) is 1. The summed E-state index contributed by atoms with van der Waals surface area (Å²) in [5, 5.41) is 9.13. The summed E-state index contributed by atoms with van der Waals surface area (Å²) in [4.78, 5) is 27.5. The van der Waals surface area contributed by atoms with Gasteiger partial charge in [-0.05, 0) is 44.9 Å². The van der Waals surface area contributed by atoms with Gasteiger partial charge in [-0.2, -0.15) is 0 Å². The Morgan fingerprint density at radius 2 is 2.00 bits per heavy atom. The van der Waals surface area contributed by atoms with Gasteiger partial charge in [0.05, 0.1) is 5.56 Å². The molecule has 0 bridgehead atoms. The van der Waals surface area contributed by atoms with Crippen LogP contribution < -0.4 is 0 Å². The molecule has 0 aliphatic carbocycles. The fourth-order valence-electron chi connectivity index (χ4n) is 3.02. The van der Waals surface area contributed by atoms with Crippen molar-refractivity contribution >= 4 is 12.1 Å². The number of carbonyl (C=O) groups is 2. The van der Waals surface area contributed by atoms with E-state index in [4.69, 9.17) is 9.84 Å². The Morgan fingerprint density at radius 3 is 2.60 bits per heavy atom. The number of benzene rings is 1. The van der Waals surface area contributed by atoms with Crippen molar-refractivity contribution in [3.05, 3.63) is 35.4 Å². The van der Waals surface area contributed by atoms with Crippen molar-refractivity contribution < 1.29 is 19.4 Å². The van der Waals surface area contributed by atoms with Crippen molar-refractivity contribution in [2.45, 2.75) is 52.3 Å². The highest BCUT2D eigenvalue weighted by molar-refractivity contribution is 5.87. The molecular formula is C19H28N2O4. The summed E-state index contributed by atoms with van der Waals surface area (Å²) in [7, 11) is 0. The quantitative estimate of drug-likeness (QED) is 0.905. The first kappa shape index (κ1) is 19.2. The topological polar surface area (TPSA) is 70.1 Å². The minimum atomic E-state index is -0.913. The van der Waals surface area contributed by atoms with E-state index in [1.54, 1.807) is 23.1 Å². The summed E-state index contributed by atoms with van der Waals surface area (Å²) in [6.45, 7) is 10.4. The number of amides is 1. The van der Waals surface area contributed by atoms with Crippen molar-refractivity contribution in [3.63, 3.8) is 0 Å². The van der Waals surface area contributed by atoms with E-state index < -0.39 is 11.6 Å². The van der Waals surface area contributed by atoms with Gasteiger partial charge in [-0.25, -0.2) is 9.59 Å². The summed E-state index contributed by atoms with van der Waals surface area (Å²) in [5.41, 5.74) is 0.787. The van der Waals surface area contributed by atoms with Gasteiger partial charge in [0, 0.05) is 32.2 Å². The Kier molecular flexibility index (Phi) is 6.06. The van der Waals surface area contributed by atoms with E-state index in [9.17, 15) is 9.59 Å². The third kappa shape index (κ3) is 5.46. The van der Waals surface area contributed by atoms with Crippen LogP contribution in [-0.4, -0.2) is 58.2 Å². The number of rotatable bonds is 4. The second-order valence-corrected chi connectivity index (χ2v) is 7.46. The van der Waals surface area contributed by atoms with E-state index >= 15 is 0 Å². The summed E-state index contributed by atoms with van der Waals surface area (Å²) >= 11 is 0. The summed E-state index contributed by atoms with van der Waals surface area (Å²) < 4.78 is 5.47. The standard InChI is InChI=1S/C19H28N2O4/c1-5-16-13-21(18(24)25-19(2,3)4)10-9-20(16)12-14-7-6-8-15(11-14)17(22)23/h6-8,11,16H,5,9-10,12-13H2,1-4H3,(H,22,23)/t16-/m1/s1. The number of nitrogens with zero attached hydrogens (tertiary/aromatic N) is 2. The highest BCUT2D eigenvalue weighted by Crippen LogP contribution is 2.19. The molecule has 1 fully saturated rings. The van der Waals surface area contributed by atoms with Gasteiger partial charge in [0.2, 0.25) is 0 Å². The van der Waals surface area contributed by atoms with E-state index in [2.05, 4.69) is 11.8 Å². The minimum Gasteiger partial charge on any atom is -0.478 e. The van der Waals surface area contributed by atoms with E-state index in [1.165, 1.54) is 0 Å². The molecule has 1 atom stereocenters. The highest BCUT2D eigenvalue weighted by Gasteiger charge is 2.31. The Labute approximate surface area is 149 Å². The molecule has 25 heavy (non-hydrogen) atoms. The van der Waals surface area contributed by atoms with Crippen LogP contribution in [0, 0.1) is 0 Å². The van der Waals surface area contributed by atoms with Crippen molar-refractivity contribution in [1.29, 1.82) is 0 Å². The Bertz CT molecular complexity index is 624. The Balaban J connectivity index is 2.01. The van der Waals surface area contributed by atoms with Crippen LogP contribution in [0.25, 0.3) is 0 Å². The van der Waals surface area contributed by atoms with Gasteiger partial charge in [0.25, 0.3) is 0 Å². The minimum absolute atomic E-state index is 0.231. The molecule has 1 saturated heterocycles. The molecule has 1 aliphatic heterocycles. The van der Waals surface area contributed by atoms with Gasteiger partial charge in [-0.3, -0.25) is 4.90 Å². The van der Waals surface area contributed by atoms with E-state index in [0.29, 0.717) is 25.2 Å². The molecule has 0 spiro atoms.